The minimum Gasteiger partial charge on any atom is -0.364 e. The monoisotopic (exact) mass is 538 g/mol. The summed E-state index contributed by atoms with van der Waals surface area (Å²) in [5.41, 5.74) is 2.53. The van der Waals surface area contributed by atoms with Crippen LogP contribution in [-0.4, -0.2) is 92.5 Å². The number of rotatable bonds is 5. The average molecular weight is 538 g/mol. The standard InChI is InChI=1S/C23H34N6O.HI/c1-24-23(25-18-20-7-6-8-21(17-20)27-9-2-3-10-27)29-15-13-26(14-16-29)19-22(30)28-11-4-5-12-28;/h2-3,6-8,17H,4-5,9-16,18-19H2,1H3,(H,24,25);1H. The Bertz CT molecular complexity index is 776. The minimum atomic E-state index is 0. The van der Waals surface area contributed by atoms with E-state index in [1.807, 2.05) is 11.9 Å². The highest BCUT2D eigenvalue weighted by Gasteiger charge is 2.24. The molecule has 3 heterocycles. The number of carbonyl (C=O) groups excluding carboxylic acids is 1. The SMILES string of the molecule is CN=C(NCc1cccc(N2CC=CC2)c1)N1CCN(CC(=O)N2CCCC2)CC1.I. The average Bonchev–Trinajstić information content (AvgIpc) is 3.50. The zero-order chi connectivity index (χ0) is 20.8. The Morgan fingerprint density at radius 1 is 1.00 bits per heavy atom. The summed E-state index contributed by atoms with van der Waals surface area (Å²) in [6.07, 6.45) is 6.73. The predicted molar refractivity (Wildman–Crippen MR) is 137 cm³/mol. The fourth-order valence-electron chi connectivity index (χ4n) is 4.44. The molecule has 8 heteroatoms. The van der Waals surface area contributed by atoms with Crippen LogP contribution >= 0.6 is 24.0 Å². The van der Waals surface area contributed by atoms with Gasteiger partial charge in [0, 0.05) is 71.6 Å². The van der Waals surface area contributed by atoms with E-state index < -0.39 is 0 Å². The van der Waals surface area contributed by atoms with Crippen LogP contribution in [0.5, 0.6) is 0 Å². The van der Waals surface area contributed by atoms with Crippen LogP contribution in [0, 0.1) is 0 Å². The second kappa shape index (κ2) is 11.7. The molecule has 0 aromatic heterocycles. The van der Waals surface area contributed by atoms with Gasteiger partial charge in [-0.25, -0.2) is 0 Å². The Morgan fingerprint density at radius 2 is 1.71 bits per heavy atom. The number of anilines is 1. The van der Waals surface area contributed by atoms with Crippen molar-refractivity contribution in [3.05, 3.63) is 42.0 Å². The van der Waals surface area contributed by atoms with Gasteiger partial charge in [-0.15, -0.1) is 24.0 Å². The number of nitrogens with zero attached hydrogens (tertiary/aromatic N) is 5. The lowest BCUT2D eigenvalue weighted by Gasteiger charge is -2.36. The van der Waals surface area contributed by atoms with Crippen LogP contribution in [0.4, 0.5) is 5.69 Å². The lowest BCUT2D eigenvalue weighted by atomic mass is 10.2. The van der Waals surface area contributed by atoms with Crippen molar-refractivity contribution in [2.24, 2.45) is 4.99 Å². The topological polar surface area (TPSA) is 54.4 Å². The van der Waals surface area contributed by atoms with Gasteiger partial charge in [-0.1, -0.05) is 24.3 Å². The fourth-order valence-corrected chi connectivity index (χ4v) is 4.44. The van der Waals surface area contributed by atoms with Crippen molar-refractivity contribution in [1.82, 2.24) is 20.0 Å². The summed E-state index contributed by atoms with van der Waals surface area (Å²) in [7, 11) is 1.85. The maximum absolute atomic E-state index is 12.4. The van der Waals surface area contributed by atoms with Crippen molar-refractivity contribution in [2.75, 3.05) is 70.9 Å². The number of hydrogen-bond donors (Lipinski definition) is 1. The number of benzene rings is 1. The number of amides is 1. The normalized spacial score (nSPS) is 19.6. The first-order valence-electron chi connectivity index (χ1n) is 11.2. The molecule has 0 saturated carbocycles. The van der Waals surface area contributed by atoms with Crippen molar-refractivity contribution < 1.29 is 4.79 Å². The Labute approximate surface area is 203 Å². The molecule has 0 radical (unpaired) electrons. The fraction of sp³-hybridized carbons (Fsp3) is 0.565. The van der Waals surface area contributed by atoms with Gasteiger partial charge in [-0.2, -0.15) is 0 Å². The second-order valence-corrected chi connectivity index (χ2v) is 8.30. The van der Waals surface area contributed by atoms with E-state index in [1.54, 1.807) is 0 Å². The molecule has 2 saturated heterocycles. The van der Waals surface area contributed by atoms with Crippen LogP contribution in [0.15, 0.2) is 41.4 Å². The number of nitrogens with one attached hydrogen (secondary N) is 1. The Hall–Kier alpha value is -1.81. The third-order valence-electron chi connectivity index (χ3n) is 6.25. The summed E-state index contributed by atoms with van der Waals surface area (Å²) < 4.78 is 0. The van der Waals surface area contributed by atoms with Crippen LogP contribution in [0.25, 0.3) is 0 Å². The molecular weight excluding hydrogens is 503 g/mol. The van der Waals surface area contributed by atoms with Gasteiger partial charge in [0.25, 0.3) is 0 Å². The summed E-state index contributed by atoms with van der Waals surface area (Å²) in [6.45, 7) is 8.75. The molecule has 1 amide bonds. The van der Waals surface area contributed by atoms with Gasteiger partial charge < -0.3 is 20.0 Å². The smallest absolute Gasteiger partial charge is 0.236 e. The van der Waals surface area contributed by atoms with Gasteiger partial charge in [0.2, 0.25) is 5.91 Å². The molecule has 7 nitrogen and oxygen atoms in total. The van der Waals surface area contributed by atoms with Gasteiger partial charge >= 0.3 is 0 Å². The molecule has 4 rings (SSSR count). The third kappa shape index (κ3) is 6.35. The first kappa shape index (κ1) is 23.8. The number of likely N-dealkylation sites (tertiary alicyclic amines) is 1. The Balaban J connectivity index is 0.00000272. The zero-order valence-corrected chi connectivity index (χ0v) is 20.8. The van der Waals surface area contributed by atoms with Crippen LogP contribution < -0.4 is 10.2 Å². The van der Waals surface area contributed by atoms with Gasteiger partial charge in [0.05, 0.1) is 6.54 Å². The minimum absolute atomic E-state index is 0. The van der Waals surface area contributed by atoms with Gasteiger partial charge in [0.1, 0.15) is 0 Å². The number of carbonyl (C=O) groups is 1. The summed E-state index contributed by atoms with van der Waals surface area (Å²) >= 11 is 0. The van der Waals surface area contributed by atoms with Crippen LogP contribution in [0.2, 0.25) is 0 Å². The molecule has 3 aliphatic rings. The summed E-state index contributed by atoms with van der Waals surface area (Å²) in [5, 5.41) is 3.52. The first-order valence-corrected chi connectivity index (χ1v) is 11.2. The molecule has 0 unspecified atom stereocenters. The number of hydrogen-bond acceptors (Lipinski definition) is 4. The van der Waals surface area contributed by atoms with E-state index >= 15 is 0 Å². The first-order chi connectivity index (χ1) is 14.7. The van der Waals surface area contributed by atoms with Crippen LogP contribution in [-0.2, 0) is 11.3 Å². The highest BCUT2D eigenvalue weighted by atomic mass is 127. The summed E-state index contributed by atoms with van der Waals surface area (Å²) in [6, 6.07) is 8.72. The molecule has 1 aromatic rings. The number of aliphatic imine (C=N–C) groups is 1. The Kier molecular flexibility index (Phi) is 9.01. The molecule has 0 atom stereocenters. The third-order valence-corrected chi connectivity index (χ3v) is 6.25. The molecule has 0 bridgehead atoms. The van der Waals surface area contributed by atoms with Crippen molar-refractivity contribution in [2.45, 2.75) is 19.4 Å². The number of halogens is 1. The van der Waals surface area contributed by atoms with Crippen LogP contribution in [0.3, 0.4) is 0 Å². The molecule has 3 aliphatic heterocycles. The maximum atomic E-state index is 12.4. The lowest BCUT2D eigenvalue weighted by molar-refractivity contribution is -0.131. The molecule has 1 N–H and O–H groups in total. The molecule has 0 spiro atoms. The molecule has 31 heavy (non-hydrogen) atoms. The van der Waals surface area contributed by atoms with E-state index in [0.717, 1.165) is 77.7 Å². The van der Waals surface area contributed by atoms with Crippen molar-refractivity contribution in [1.29, 1.82) is 0 Å². The number of piperazine rings is 1. The molecule has 1 aromatic carbocycles. The van der Waals surface area contributed by atoms with Gasteiger partial charge in [-0.3, -0.25) is 14.7 Å². The van der Waals surface area contributed by atoms with Crippen molar-refractivity contribution in [3.63, 3.8) is 0 Å². The lowest BCUT2D eigenvalue weighted by Crippen LogP contribution is -2.54. The van der Waals surface area contributed by atoms with E-state index in [9.17, 15) is 4.79 Å². The van der Waals surface area contributed by atoms with Gasteiger partial charge in [-0.05, 0) is 30.5 Å². The Morgan fingerprint density at radius 3 is 2.39 bits per heavy atom. The quantitative estimate of drug-likeness (QED) is 0.269. The predicted octanol–water partition coefficient (Wildman–Crippen LogP) is 2.00. The second-order valence-electron chi connectivity index (χ2n) is 8.30. The van der Waals surface area contributed by atoms with E-state index in [-0.39, 0.29) is 29.9 Å². The number of guanidine groups is 1. The highest BCUT2D eigenvalue weighted by molar-refractivity contribution is 14.0. The molecular formula is C23H35IN6O. The van der Waals surface area contributed by atoms with E-state index in [2.05, 4.69) is 61.4 Å². The highest BCUT2D eigenvalue weighted by Crippen LogP contribution is 2.18. The maximum Gasteiger partial charge on any atom is 0.236 e. The molecule has 170 valence electrons. The largest absolute Gasteiger partial charge is 0.364 e. The van der Waals surface area contributed by atoms with E-state index in [0.29, 0.717) is 6.54 Å². The van der Waals surface area contributed by atoms with Crippen LogP contribution in [0.1, 0.15) is 18.4 Å². The summed E-state index contributed by atoms with van der Waals surface area (Å²) in [5.74, 6) is 1.23. The van der Waals surface area contributed by atoms with Crippen molar-refractivity contribution in [3.8, 4) is 0 Å². The zero-order valence-electron chi connectivity index (χ0n) is 18.5. The van der Waals surface area contributed by atoms with Gasteiger partial charge in [0.15, 0.2) is 5.96 Å². The van der Waals surface area contributed by atoms with Crippen molar-refractivity contribution >= 4 is 41.5 Å². The molecule has 2 fully saturated rings. The van der Waals surface area contributed by atoms with E-state index in [4.69, 9.17) is 0 Å². The molecule has 0 aliphatic carbocycles. The van der Waals surface area contributed by atoms with E-state index in [1.165, 1.54) is 11.3 Å². The summed E-state index contributed by atoms with van der Waals surface area (Å²) in [4.78, 5) is 25.8.